The van der Waals surface area contributed by atoms with E-state index < -0.39 is 23.0 Å². The first-order valence-corrected chi connectivity index (χ1v) is 3.73. The average Bonchev–Trinajstić information content (AvgIpc) is 2.16. The maximum atomic E-state index is 11.9. The summed E-state index contributed by atoms with van der Waals surface area (Å²) in [5, 5.41) is 10.4. The van der Waals surface area contributed by atoms with E-state index in [1.165, 1.54) is 0 Å². The van der Waals surface area contributed by atoms with Gasteiger partial charge in [-0.05, 0) is 12.1 Å². The van der Waals surface area contributed by atoms with Gasteiger partial charge in [0.05, 0.1) is 4.92 Å². The number of nitro benzene ring substituents is 1. The molecule has 0 atom stereocenters. The maximum Gasteiger partial charge on any atom is 0.387 e. The molecule has 0 aliphatic heterocycles. The first kappa shape index (κ1) is 11.0. The number of ether oxygens (including phenoxy) is 1. The summed E-state index contributed by atoms with van der Waals surface area (Å²) in [7, 11) is 0. The highest BCUT2D eigenvalue weighted by molar-refractivity contribution is 5.76. The molecule has 1 aromatic carbocycles. The van der Waals surface area contributed by atoms with Gasteiger partial charge in [-0.3, -0.25) is 14.9 Å². The van der Waals surface area contributed by atoms with Crippen LogP contribution in [0.2, 0.25) is 0 Å². The second-order valence-corrected chi connectivity index (χ2v) is 2.48. The molecule has 5 nitrogen and oxygen atoms in total. The van der Waals surface area contributed by atoms with Crippen molar-refractivity contribution in [2.75, 3.05) is 0 Å². The van der Waals surface area contributed by atoms with Crippen LogP contribution in [0.3, 0.4) is 0 Å². The van der Waals surface area contributed by atoms with Crippen molar-refractivity contribution in [3.63, 3.8) is 0 Å². The number of carbonyl (C=O) groups excluding carboxylic acids is 1. The van der Waals surface area contributed by atoms with Gasteiger partial charge in [0.15, 0.2) is 0 Å². The Hall–Kier alpha value is -2.05. The van der Waals surface area contributed by atoms with Crippen molar-refractivity contribution >= 4 is 12.0 Å². The van der Waals surface area contributed by atoms with E-state index >= 15 is 0 Å². The molecule has 0 N–H and O–H groups in total. The third-order valence-electron chi connectivity index (χ3n) is 1.53. The molecule has 0 fully saturated rings. The van der Waals surface area contributed by atoms with Gasteiger partial charge < -0.3 is 4.74 Å². The lowest BCUT2D eigenvalue weighted by Crippen LogP contribution is -2.05. The van der Waals surface area contributed by atoms with Gasteiger partial charge in [0.2, 0.25) is 5.75 Å². The van der Waals surface area contributed by atoms with Crippen LogP contribution in [0.5, 0.6) is 5.75 Å². The van der Waals surface area contributed by atoms with E-state index in [4.69, 9.17) is 0 Å². The van der Waals surface area contributed by atoms with E-state index in [9.17, 15) is 23.7 Å². The molecule has 0 saturated heterocycles. The molecular formula is C8H5F2NO4. The number of hydrogen-bond donors (Lipinski definition) is 0. The van der Waals surface area contributed by atoms with Crippen LogP contribution in [0.1, 0.15) is 10.4 Å². The zero-order valence-corrected chi connectivity index (χ0v) is 7.22. The third-order valence-corrected chi connectivity index (χ3v) is 1.53. The number of alkyl halides is 2. The number of hydrogen-bond acceptors (Lipinski definition) is 4. The van der Waals surface area contributed by atoms with Crippen LogP contribution in [0, 0.1) is 10.1 Å². The molecule has 80 valence electrons. The van der Waals surface area contributed by atoms with Gasteiger partial charge in [-0.2, -0.15) is 8.78 Å². The number of nitro groups is 1. The summed E-state index contributed by atoms with van der Waals surface area (Å²) >= 11 is 0. The van der Waals surface area contributed by atoms with Gasteiger partial charge in [-0.25, -0.2) is 0 Å². The van der Waals surface area contributed by atoms with Crippen LogP contribution in [0.25, 0.3) is 0 Å². The molecule has 0 radical (unpaired) electrons. The highest BCUT2D eigenvalue weighted by Crippen LogP contribution is 2.28. The number of nitrogens with zero attached hydrogens (tertiary/aromatic N) is 1. The fraction of sp³-hybridized carbons (Fsp3) is 0.125. The second-order valence-electron chi connectivity index (χ2n) is 2.48. The fourth-order valence-electron chi connectivity index (χ4n) is 0.945. The molecule has 1 aromatic rings. The maximum absolute atomic E-state index is 11.9. The minimum absolute atomic E-state index is 0.0243. The monoisotopic (exact) mass is 217 g/mol. The highest BCUT2D eigenvalue weighted by Gasteiger charge is 2.18. The minimum atomic E-state index is -3.18. The van der Waals surface area contributed by atoms with Gasteiger partial charge in [0.25, 0.3) is 0 Å². The molecule has 0 bridgehead atoms. The zero-order valence-electron chi connectivity index (χ0n) is 7.22. The molecule has 0 saturated carbocycles. The molecule has 0 spiro atoms. The Morgan fingerprint density at radius 2 is 2.13 bits per heavy atom. The van der Waals surface area contributed by atoms with Gasteiger partial charge in [0.1, 0.15) is 6.29 Å². The summed E-state index contributed by atoms with van der Waals surface area (Å²) in [6.45, 7) is -3.18. The lowest BCUT2D eigenvalue weighted by molar-refractivity contribution is -0.386. The second kappa shape index (κ2) is 4.45. The van der Waals surface area contributed by atoms with Crippen molar-refractivity contribution < 1.29 is 23.2 Å². The highest BCUT2D eigenvalue weighted by atomic mass is 19.3. The van der Waals surface area contributed by atoms with Crippen LogP contribution in [-0.4, -0.2) is 17.8 Å². The SMILES string of the molecule is O=Cc1ccc([N+](=O)[O-])c(OC(F)F)c1. The Morgan fingerprint density at radius 3 is 2.60 bits per heavy atom. The molecule has 1 rings (SSSR count). The molecule has 0 heterocycles. The summed E-state index contributed by atoms with van der Waals surface area (Å²) in [5.41, 5.74) is -0.586. The Bertz CT molecular complexity index is 394. The Labute approximate surface area is 82.4 Å². The van der Waals surface area contributed by atoms with Crippen molar-refractivity contribution in [3.05, 3.63) is 33.9 Å². The molecular weight excluding hydrogens is 212 g/mol. The van der Waals surface area contributed by atoms with E-state index in [2.05, 4.69) is 4.74 Å². The molecule has 15 heavy (non-hydrogen) atoms. The topological polar surface area (TPSA) is 69.4 Å². The van der Waals surface area contributed by atoms with Crippen LogP contribution < -0.4 is 4.74 Å². The first-order chi connectivity index (χ1) is 7.04. The van der Waals surface area contributed by atoms with E-state index in [1.54, 1.807) is 0 Å². The van der Waals surface area contributed by atoms with E-state index in [1.807, 2.05) is 0 Å². The van der Waals surface area contributed by atoms with E-state index in [-0.39, 0.29) is 5.56 Å². The Balaban J connectivity index is 3.16. The fourth-order valence-corrected chi connectivity index (χ4v) is 0.945. The smallest absolute Gasteiger partial charge is 0.387 e. The van der Waals surface area contributed by atoms with E-state index in [0.717, 1.165) is 18.2 Å². The Kier molecular flexibility index (Phi) is 3.27. The molecule has 0 aromatic heterocycles. The summed E-state index contributed by atoms with van der Waals surface area (Å²) in [6, 6.07) is 2.96. The molecule has 0 amide bonds. The van der Waals surface area contributed by atoms with Gasteiger partial charge in [-0.1, -0.05) is 0 Å². The van der Waals surface area contributed by atoms with Crippen molar-refractivity contribution in [3.8, 4) is 5.75 Å². The number of carbonyl (C=O) groups is 1. The van der Waals surface area contributed by atoms with Crippen molar-refractivity contribution in [1.29, 1.82) is 0 Å². The number of rotatable bonds is 4. The third kappa shape index (κ3) is 2.70. The predicted molar refractivity (Wildman–Crippen MR) is 45.1 cm³/mol. The number of benzene rings is 1. The van der Waals surface area contributed by atoms with E-state index in [0.29, 0.717) is 6.29 Å². The molecule has 0 unspecified atom stereocenters. The summed E-state index contributed by atoms with van der Waals surface area (Å²) in [4.78, 5) is 19.8. The largest absolute Gasteiger partial charge is 0.427 e. The van der Waals surface area contributed by atoms with Crippen molar-refractivity contribution in [1.82, 2.24) is 0 Å². The molecule has 0 aliphatic carbocycles. The van der Waals surface area contributed by atoms with Crippen LogP contribution in [0.4, 0.5) is 14.5 Å². The first-order valence-electron chi connectivity index (χ1n) is 3.73. The van der Waals surface area contributed by atoms with Crippen LogP contribution >= 0.6 is 0 Å². The standard InChI is InChI=1S/C8H5F2NO4/c9-8(10)15-7-3-5(4-12)1-2-6(7)11(13)14/h1-4,8H. The van der Waals surface area contributed by atoms with Gasteiger partial charge >= 0.3 is 12.3 Å². The lowest BCUT2D eigenvalue weighted by Gasteiger charge is -2.04. The average molecular weight is 217 g/mol. The zero-order chi connectivity index (χ0) is 11.4. The van der Waals surface area contributed by atoms with Crippen LogP contribution in [-0.2, 0) is 0 Å². The lowest BCUT2D eigenvalue weighted by atomic mass is 10.2. The van der Waals surface area contributed by atoms with Crippen molar-refractivity contribution in [2.24, 2.45) is 0 Å². The molecule has 0 aliphatic rings. The summed E-state index contributed by atoms with van der Waals surface area (Å²) in [6.07, 6.45) is 0.377. The number of halogens is 2. The van der Waals surface area contributed by atoms with Gasteiger partial charge in [0, 0.05) is 11.6 Å². The minimum Gasteiger partial charge on any atom is -0.427 e. The summed E-state index contributed by atoms with van der Waals surface area (Å²) < 4.78 is 27.6. The van der Waals surface area contributed by atoms with Gasteiger partial charge in [-0.15, -0.1) is 0 Å². The quantitative estimate of drug-likeness (QED) is 0.439. The Morgan fingerprint density at radius 1 is 1.47 bits per heavy atom. The van der Waals surface area contributed by atoms with Crippen molar-refractivity contribution in [2.45, 2.75) is 6.61 Å². The number of aldehydes is 1. The normalized spacial score (nSPS) is 10.1. The summed E-state index contributed by atoms with van der Waals surface area (Å²) in [5.74, 6) is -0.625. The van der Waals surface area contributed by atoms with Crippen LogP contribution in [0.15, 0.2) is 18.2 Å². The predicted octanol–water partition coefficient (Wildman–Crippen LogP) is 2.01. The molecule has 7 heteroatoms.